The summed E-state index contributed by atoms with van der Waals surface area (Å²) in [5.41, 5.74) is 1.36. The van der Waals surface area contributed by atoms with E-state index in [2.05, 4.69) is 21.8 Å². The first-order valence-corrected chi connectivity index (χ1v) is 10.7. The van der Waals surface area contributed by atoms with E-state index < -0.39 is 11.8 Å². The molecule has 2 heterocycles. The number of rotatable bonds is 10. The van der Waals surface area contributed by atoms with Gasteiger partial charge in [-0.2, -0.15) is 0 Å². The Kier molecular flexibility index (Phi) is 7.99. The molecule has 6 nitrogen and oxygen atoms in total. The normalized spacial score (nSPS) is 14.7. The third-order valence-electron chi connectivity index (χ3n) is 5.52. The Balaban J connectivity index is 1.36. The molecule has 7 heteroatoms. The van der Waals surface area contributed by atoms with Crippen LogP contribution in [0, 0.1) is 11.7 Å². The molecule has 1 aliphatic heterocycles. The van der Waals surface area contributed by atoms with Gasteiger partial charge < -0.3 is 14.7 Å². The number of carboxylic acid groups (broad SMARTS) is 1. The molecular formula is C23H30FN3O3. The summed E-state index contributed by atoms with van der Waals surface area (Å²) in [7, 11) is 0. The van der Waals surface area contributed by atoms with Gasteiger partial charge in [0.2, 0.25) is 5.95 Å². The maximum atomic E-state index is 13.9. The van der Waals surface area contributed by atoms with Gasteiger partial charge in [0, 0.05) is 31.5 Å². The second-order valence-electron chi connectivity index (χ2n) is 7.89. The number of anilines is 1. The molecule has 1 fully saturated rings. The van der Waals surface area contributed by atoms with Crippen molar-refractivity contribution < 1.29 is 19.0 Å². The minimum absolute atomic E-state index is 0.172. The summed E-state index contributed by atoms with van der Waals surface area (Å²) in [5.74, 6) is 0.338. The summed E-state index contributed by atoms with van der Waals surface area (Å²) >= 11 is 0. The van der Waals surface area contributed by atoms with E-state index in [1.165, 1.54) is 17.7 Å². The number of benzene rings is 1. The molecule has 0 bridgehead atoms. The van der Waals surface area contributed by atoms with E-state index in [0.29, 0.717) is 18.3 Å². The van der Waals surface area contributed by atoms with Crippen molar-refractivity contribution in [2.75, 3.05) is 24.6 Å². The minimum atomic E-state index is -1.05. The third kappa shape index (κ3) is 6.40. The van der Waals surface area contributed by atoms with Gasteiger partial charge in [0.25, 0.3) is 0 Å². The highest BCUT2D eigenvalue weighted by atomic mass is 19.1. The molecule has 3 rings (SSSR count). The Hall–Kier alpha value is -2.70. The van der Waals surface area contributed by atoms with E-state index in [-0.39, 0.29) is 12.0 Å². The van der Waals surface area contributed by atoms with Crippen LogP contribution in [-0.4, -0.2) is 40.7 Å². The Bertz CT molecular complexity index is 821. The number of aromatic nitrogens is 2. The third-order valence-corrected chi connectivity index (χ3v) is 5.52. The molecule has 0 radical (unpaired) electrons. The SMILES string of the molecule is CCCc1cnc(N2CCC(CCCOc3ccc(CC(=O)O)c(F)c3)CC2)nc1. The molecule has 1 aliphatic rings. The largest absolute Gasteiger partial charge is 0.493 e. The summed E-state index contributed by atoms with van der Waals surface area (Å²) in [5, 5.41) is 8.76. The first-order chi connectivity index (χ1) is 14.5. The lowest BCUT2D eigenvalue weighted by atomic mass is 9.92. The molecule has 30 heavy (non-hydrogen) atoms. The highest BCUT2D eigenvalue weighted by Crippen LogP contribution is 2.25. The van der Waals surface area contributed by atoms with E-state index >= 15 is 0 Å². The Morgan fingerprint density at radius 2 is 2.00 bits per heavy atom. The number of carboxylic acids is 1. The average molecular weight is 416 g/mol. The number of hydrogen-bond acceptors (Lipinski definition) is 5. The number of ether oxygens (including phenoxy) is 1. The lowest BCUT2D eigenvalue weighted by molar-refractivity contribution is -0.136. The summed E-state index contributed by atoms with van der Waals surface area (Å²) in [6.07, 6.45) is 9.87. The van der Waals surface area contributed by atoms with E-state index in [9.17, 15) is 9.18 Å². The Labute approximate surface area is 177 Å². The van der Waals surface area contributed by atoms with Crippen LogP contribution in [0.4, 0.5) is 10.3 Å². The number of aryl methyl sites for hydroxylation is 1. The highest BCUT2D eigenvalue weighted by Gasteiger charge is 2.20. The zero-order chi connectivity index (χ0) is 21.3. The Morgan fingerprint density at radius 1 is 1.27 bits per heavy atom. The molecule has 1 N–H and O–H groups in total. The van der Waals surface area contributed by atoms with Crippen molar-refractivity contribution in [2.45, 2.75) is 51.9 Å². The van der Waals surface area contributed by atoms with Crippen LogP contribution < -0.4 is 9.64 Å². The van der Waals surface area contributed by atoms with Crippen molar-refractivity contribution >= 4 is 11.9 Å². The van der Waals surface area contributed by atoms with Gasteiger partial charge in [0.05, 0.1) is 13.0 Å². The van der Waals surface area contributed by atoms with Gasteiger partial charge in [-0.1, -0.05) is 19.4 Å². The second-order valence-corrected chi connectivity index (χ2v) is 7.89. The molecule has 1 saturated heterocycles. The molecule has 0 unspecified atom stereocenters. The molecule has 0 saturated carbocycles. The fraction of sp³-hybridized carbons (Fsp3) is 0.522. The smallest absolute Gasteiger partial charge is 0.307 e. The van der Waals surface area contributed by atoms with Gasteiger partial charge >= 0.3 is 5.97 Å². The second kappa shape index (κ2) is 10.9. The molecule has 1 aromatic carbocycles. The van der Waals surface area contributed by atoms with Gasteiger partial charge in [-0.25, -0.2) is 14.4 Å². The van der Waals surface area contributed by atoms with Crippen LogP contribution in [0.1, 0.15) is 50.2 Å². The predicted octanol–water partition coefficient (Wildman–Crippen LogP) is 4.27. The molecule has 0 spiro atoms. The van der Waals surface area contributed by atoms with Gasteiger partial charge in [-0.05, 0) is 55.2 Å². The lowest BCUT2D eigenvalue weighted by Gasteiger charge is -2.32. The van der Waals surface area contributed by atoms with Crippen molar-refractivity contribution in [3.05, 3.63) is 47.5 Å². The number of halogens is 1. The monoisotopic (exact) mass is 415 g/mol. The maximum absolute atomic E-state index is 13.9. The zero-order valence-electron chi connectivity index (χ0n) is 17.5. The number of nitrogens with zero attached hydrogens (tertiary/aromatic N) is 3. The van der Waals surface area contributed by atoms with E-state index in [1.807, 2.05) is 12.4 Å². The van der Waals surface area contributed by atoms with Gasteiger partial charge in [-0.3, -0.25) is 4.79 Å². The molecular weight excluding hydrogens is 385 g/mol. The predicted molar refractivity (Wildman–Crippen MR) is 113 cm³/mol. The maximum Gasteiger partial charge on any atom is 0.307 e. The van der Waals surface area contributed by atoms with Crippen molar-refractivity contribution in [1.82, 2.24) is 9.97 Å². The van der Waals surface area contributed by atoms with Crippen LogP contribution in [0.25, 0.3) is 0 Å². The fourth-order valence-electron chi connectivity index (χ4n) is 3.84. The molecule has 0 atom stereocenters. The summed E-state index contributed by atoms with van der Waals surface area (Å²) < 4.78 is 19.5. The number of carbonyl (C=O) groups is 1. The van der Waals surface area contributed by atoms with E-state index in [4.69, 9.17) is 9.84 Å². The number of hydrogen-bond donors (Lipinski definition) is 1. The average Bonchev–Trinajstić information content (AvgIpc) is 2.74. The molecule has 1 aromatic heterocycles. The number of piperidine rings is 1. The van der Waals surface area contributed by atoms with E-state index in [0.717, 1.165) is 57.6 Å². The van der Waals surface area contributed by atoms with Crippen LogP contribution in [0.3, 0.4) is 0 Å². The number of aliphatic carboxylic acids is 1. The summed E-state index contributed by atoms with van der Waals surface area (Å²) in [4.78, 5) is 22.0. The first-order valence-electron chi connectivity index (χ1n) is 10.7. The molecule has 0 amide bonds. The Morgan fingerprint density at radius 3 is 2.63 bits per heavy atom. The van der Waals surface area contributed by atoms with Crippen LogP contribution in [0.15, 0.2) is 30.6 Å². The topological polar surface area (TPSA) is 75.6 Å². The van der Waals surface area contributed by atoms with Gasteiger partial charge in [0.1, 0.15) is 11.6 Å². The highest BCUT2D eigenvalue weighted by molar-refractivity contribution is 5.70. The molecule has 162 valence electrons. The van der Waals surface area contributed by atoms with Crippen LogP contribution in [0.2, 0.25) is 0 Å². The van der Waals surface area contributed by atoms with Gasteiger partial charge in [0.15, 0.2) is 0 Å². The fourth-order valence-corrected chi connectivity index (χ4v) is 3.84. The van der Waals surface area contributed by atoms with Crippen LogP contribution in [0.5, 0.6) is 5.75 Å². The first kappa shape index (κ1) is 22.0. The van der Waals surface area contributed by atoms with Crippen molar-refractivity contribution in [3.8, 4) is 5.75 Å². The molecule has 0 aliphatic carbocycles. The van der Waals surface area contributed by atoms with E-state index in [1.54, 1.807) is 6.07 Å². The summed E-state index contributed by atoms with van der Waals surface area (Å²) in [6, 6.07) is 4.37. The zero-order valence-corrected chi connectivity index (χ0v) is 17.5. The van der Waals surface area contributed by atoms with Gasteiger partial charge in [-0.15, -0.1) is 0 Å². The van der Waals surface area contributed by atoms with Crippen LogP contribution in [-0.2, 0) is 17.6 Å². The van der Waals surface area contributed by atoms with Crippen molar-refractivity contribution in [3.63, 3.8) is 0 Å². The standard InChI is InChI=1S/C23H30FN3O3/c1-2-4-18-15-25-23(26-16-18)27-10-8-17(9-11-27)5-3-12-30-20-7-6-19(13-22(28)29)21(24)14-20/h6-7,14-17H,2-5,8-13H2,1H3,(H,28,29). The lowest BCUT2D eigenvalue weighted by Crippen LogP contribution is -2.35. The van der Waals surface area contributed by atoms with Crippen molar-refractivity contribution in [2.24, 2.45) is 5.92 Å². The quantitative estimate of drug-likeness (QED) is 0.584. The minimum Gasteiger partial charge on any atom is -0.493 e. The van der Waals surface area contributed by atoms with Crippen molar-refractivity contribution in [1.29, 1.82) is 0 Å². The van der Waals surface area contributed by atoms with Crippen LogP contribution >= 0.6 is 0 Å². The molecule has 2 aromatic rings. The summed E-state index contributed by atoms with van der Waals surface area (Å²) in [6.45, 7) is 4.61.